The van der Waals surface area contributed by atoms with E-state index in [1.165, 1.54) is 12.1 Å². The zero-order valence-corrected chi connectivity index (χ0v) is 13.1. The fourth-order valence-corrected chi connectivity index (χ4v) is 2.80. The molecule has 3 rings (SSSR count). The SMILES string of the molecule is Cl.NC1(c2noc(-c3cc(Cl)cc([N+](=O)[O-])c3)n2)CCCC1. The molecular formula is C13H14Cl2N4O3. The van der Waals surface area contributed by atoms with Crippen molar-refractivity contribution in [1.29, 1.82) is 0 Å². The summed E-state index contributed by atoms with van der Waals surface area (Å²) in [7, 11) is 0. The molecule has 7 nitrogen and oxygen atoms in total. The average Bonchev–Trinajstić information content (AvgIpc) is 3.07. The molecule has 1 fully saturated rings. The van der Waals surface area contributed by atoms with Crippen LogP contribution in [0.2, 0.25) is 5.02 Å². The molecule has 1 aromatic heterocycles. The smallest absolute Gasteiger partial charge is 0.271 e. The molecule has 0 amide bonds. The number of aromatic nitrogens is 2. The second kappa shape index (κ2) is 6.20. The number of halogens is 2. The number of nitrogens with two attached hydrogens (primary N) is 1. The zero-order valence-electron chi connectivity index (χ0n) is 11.5. The molecule has 0 saturated heterocycles. The van der Waals surface area contributed by atoms with E-state index in [0.717, 1.165) is 25.7 Å². The summed E-state index contributed by atoms with van der Waals surface area (Å²) in [6.07, 6.45) is 3.68. The predicted molar refractivity (Wildman–Crippen MR) is 83.0 cm³/mol. The van der Waals surface area contributed by atoms with E-state index in [4.69, 9.17) is 21.9 Å². The molecule has 1 heterocycles. The van der Waals surface area contributed by atoms with Gasteiger partial charge in [-0.2, -0.15) is 4.98 Å². The second-order valence-corrected chi connectivity index (χ2v) is 5.68. The summed E-state index contributed by atoms with van der Waals surface area (Å²) >= 11 is 5.89. The third kappa shape index (κ3) is 3.06. The van der Waals surface area contributed by atoms with Gasteiger partial charge in [0.2, 0.25) is 0 Å². The van der Waals surface area contributed by atoms with Gasteiger partial charge in [0.1, 0.15) is 0 Å². The molecule has 9 heteroatoms. The molecule has 1 aliphatic rings. The standard InChI is InChI=1S/C13H13ClN4O3.ClH/c14-9-5-8(6-10(7-9)18(19)20)11-16-12(17-21-11)13(15)3-1-2-4-13;/h5-7H,1-4,15H2;1H. The minimum atomic E-state index is -0.563. The Bertz CT molecular complexity index is 698. The number of hydrogen-bond acceptors (Lipinski definition) is 6. The monoisotopic (exact) mass is 344 g/mol. The highest BCUT2D eigenvalue weighted by Gasteiger charge is 2.36. The normalized spacial score (nSPS) is 16.3. The molecule has 1 saturated carbocycles. The van der Waals surface area contributed by atoms with Crippen LogP contribution >= 0.6 is 24.0 Å². The van der Waals surface area contributed by atoms with Gasteiger partial charge in [-0.05, 0) is 18.9 Å². The van der Waals surface area contributed by atoms with Crippen LogP contribution in [0.5, 0.6) is 0 Å². The fourth-order valence-electron chi connectivity index (χ4n) is 2.58. The molecule has 2 N–H and O–H groups in total. The minimum absolute atomic E-state index is 0. The van der Waals surface area contributed by atoms with E-state index < -0.39 is 10.5 Å². The van der Waals surface area contributed by atoms with Gasteiger partial charge in [0.25, 0.3) is 11.6 Å². The lowest BCUT2D eigenvalue weighted by Gasteiger charge is -2.17. The van der Waals surface area contributed by atoms with Crippen LogP contribution in [0.3, 0.4) is 0 Å². The third-order valence-electron chi connectivity index (χ3n) is 3.71. The van der Waals surface area contributed by atoms with Crippen LogP contribution < -0.4 is 5.73 Å². The van der Waals surface area contributed by atoms with Crippen LogP contribution in [0.15, 0.2) is 22.7 Å². The lowest BCUT2D eigenvalue weighted by Crippen LogP contribution is -2.34. The van der Waals surface area contributed by atoms with Gasteiger partial charge in [-0.3, -0.25) is 10.1 Å². The maximum Gasteiger partial charge on any atom is 0.271 e. The van der Waals surface area contributed by atoms with Gasteiger partial charge in [0, 0.05) is 22.7 Å². The Balaban J connectivity index is 0.00000176. The maximum atomic E-state index is 10.9. The molecule has 1 aromatic carbocycles. The van der Waals surface area contributed by atoms with Crippen LogP contribution in [-0.2, 0) is 5.54 Å². The quantitative estimate of drug-likeness (QED) is 0.674. The first-order valence-electron chi connectivity index (χ1n) is 6.56. The first kappa shape index (κ1) is 16.7. The van der Waals surface area contributed by atoms with Crippen molar-refractivity contribution < 1.29 is 9.45 Å². The van der Waals surface area contributed by atoms with Gasteiger partial charge in [-0.25, -0.2) is 0 Å². The first-order chi connectivity index (χ1) is 9.98. The Kier molecular flexibility index (Phi) is 4.69. The molecule has 0 radical (unpaired) electrons. The molecular weight excluding hydrogens is 331 g/mol. The van der Waals surface area contributed by atoms with E-state index in [-0.39, 0.29) is 29.0 Å². The van der Waals surface area contributed by atoms with E-state index in [1.54, 1.807) is 6.07 Å². The minimum Gasteiger partial charge on any atom is -0.334 e. The largest absolute Gasteiger partial charge is 0.334 e. The Morgan fingerprint density at radius 3 is 2.64 bits per heavy atom. The first-order valence-corrected chi connectivity index (χ1v) is 6.94. The molecule has 0 atom stereocenters. The van der Waals surface area contributed by atoms with Gasteiger partial charge >= 0.3 is 0 Å². The Labute approximate surface area is 137 Å². The Morgan fingerprint density at radius 2 is 2.00 bits per heavy atom. The van der Waals surface area contributed by atoms with Crippen molar-refractivity contribution in [3.05, 3.63) is 39.2 Å². The zero-order chi connectivity index (χ0) is 15.0. The van der Waals surface area contributed by atoms with Crippen molar-refractivity contribution in [2.24, 2.45) is 5.73 Å². The highest BCUT2D eigenvalue weighted by Crippen LogP contribution is 2.36. The van der Waals surface area contributed by atoms with Crippen molar-refractivity contribution in [3.8, 4) is 11.5 Å². The van der Waals surface area contributed by atoms with Gasteiger partial charge < -0.3 is 10.3 Å². The Morgan fingerprint density at radius 1 is 1.32 bits per heavy atom. The highest BCUT2D eigenvalue weighted by molar-refractivity contribution is 6.31. The number of rotatable bonds is 3. The number of non-ortho nitro benzene ring substituents is 1. The van der Waals surface area contributed by atoms with Crippen LogP contribution in [0.4, 0.5) is 5.69 Å². The average molecular weight is 345 g/mol. The van der Waals surface area contributed by atoms with E-state index in [1.807, 2.05) is 0 Å². The third-order valence-corrected chi connectivity index (χ3v) is 3.93. The van der Waals surface area contributed by atoms with Crippen molar-refractivity contribution in [3.63, 3.8) is 0 Å². The Hall–Kier alpha value is -1.70. The number of hydrogen-bond donors (Lipinski definition) is 1. The van der Waals surface area contributed by atoms with Crippen molar-refractivity contribution >= 4 is 29.7 Å². The summed E-state index contributed by atoms with van der Waals surface area (Å²) in [5.41, 5.74) is 5.98. The highest BCUT2D eigenvalue weighted by atomic mass is 35.5. The summed E-state index contributed by atoms with van der Waals surface area (Å²) in [4.78, 5) is 14.6. The molecule has 0 spiro atoms. The van der Waals surface area contributed by atoms with Gasteiger partial charge in [0.05, 0.1) is 10.5 Å². The topological polar surface area (TPSA) is 108 Å². The van der Waals surface area contributed by atoms with Gasteiger partial charge in [0.15, 0.2) is 5.82 Å². The molecule has 22 heavy (non-hydrogen) atoms. The summed E-state index contributed by atoms with van der Waals surface area (Å²) in [6, 6.07) is 4.16. The van der Waals surface area contributed by atoms with Gasteiger partial charge in [-0.1, -0.05) is 29.6 Å². The number of nitro groups is 1. The van der Waals surface area contributed by atoms with E-state index in [2.05, 4.69) is 10.1 Å². The van der Waals surface area contributed by atoms with Crippen LogP contribution in [0, 0.1) is 10.1 Å². The lowest BCUT2D eigenvalue weighted by molar-refractivity contribution is -0.384. The molecule has 2 aromatic rings. The molecule has 0 bridgehead atoms. The molecule has 0 unspecified atom stereocenters. The summed E-state index contributed by atoms with van der Waals surface area (Å²) in [5, 5.41) is 15.0. The lowest BCUT2D eigenvalue weighted by atomic mass is 9.99. The predicted octanol–water partition coefficient (Wildman–Crippen LogP) is 3.45. The van der Waals surface area contributed by atoms with Crippen LogP contribution in [-0.4, -0.2) is 15.1 Å². The van der Waals surface area contributed by atoms with E-state index in [9.17, 15) is 10.1 Å². The number of nitrogens with zero attached hydrogens (tertiary/aromatic N) is 3. The van der Waals surface area contributed by atoms with Gasteiger partial charge in [-0.15, -0.1) is 12.4 Å². The molecule has 1 aliphatic carbocycles. The van der Waals surface area contributed by atoms with Crippen molar-refractivity contribution in [1.82, 2.24) is 10.1 Å². The summed E-state index contributed by atoms with van der Waals surface area (Å²) in [6.45, 7) is 0. The van der Waals surface area contributed by atoms with Crippen molar-refractivity contribution in [2.75, 3.05) is 0 Å². The summed E-state index contributed by atoms with van der Waals surface area (Å²) < 4.78 is 5.20. The number of benzene rings is 1. The van der Waals surface area contributed by atoms with E-state index in [0.29, 0.717) is 11.4 Å². The molecule has 0 aliphatic heterocycles. The fraction of sp³-hybridized carbons (Fsp3) is 0.385. The van der Waals surface area contributed by atoms with Crippen LogP contribution in [0.1, 0.15) is 31.5 Å². The molecule has 118 valence electrons. The summed E-state index contributed by atoms with van der Waals surface area (Å²) in [5.74, 6) is 0.630. The van der Waals surface area contributed by atoms with Crippen molar-refractivity contribution in [2.45, 2.75) is 31.2 Å². The maximum absolute atomic E-state index is 10.9. The van der Waals surface area contributed by atoms with E-state index >= 15 is 0 Å². The van der Waals surface area contributed by atoms with Crippen LogP contribution in [0.25, 0.3) is 11.5 Å². The second-order valence-electron chi connectivity index (χ2n) is 5.24. The number of nitro benzene ring substituents is 1.